The highest BCUT2D eigenvalue weighted by atomic mass is 32.2. The van der Waals surface area contributed by atoms with Crippen LogP contribution in [0.5, 0.6) is 0 Å². The van der Waals surface area contributed by atoms with Gasteiger partial charge in [0, 0.05) is 36.7 Å². The van der Waals surface area contributed by atoms with E-state index in [0.717, 1.165) is 12.2 Å². The monoisotopic (exact) mass is 996 g/mol. The number of ether oxygens (including phenoxy) is 6. The number of carbonyl (C=O) groups excluding carboxylic acids is 3. The Balaban J connectivity index is 1.53. The predicted molar refractivity (Wildman–Crippen MR) is 250 cm³/mol. The molecule has 0 radical (unpaired) electrons. The summed E-state index contributed by atoms with van der Waals surface area (Å²) in [6, 6.07) is -1.19. The number of aliphatic hydroxyl groups excluding tert-OH is 4. The average molecular weight is 996 g/mol. The number of amides is 3. The Kier molecular flexibility index (Phi) is 17.1. The molecule has 20 nitrogen and oxygen atoms in total. The van der Waals surface area contributed by atoms with E-state index in [1.165, 1.54) is 55.4 Å². The van der Waals surface area contributed by atoms with Crippen LogP contribution < -0.4 is 16.0 Å². The molecule has 0 bridgehead atoms. The second-order valence-corrected chi connectivity index (χ2v) is 24.3. The Labute approximate surface area is 406 Å². The van der Waals surface area contributed by atoms with Crippen molar-refractivity contribution >= 4 is 29.7 Å². The van der Waals surface area contributed by atoms with Gasteiger partial charge in [-0.25, -0.2) is 4.79 Å². The number of unbranched alkanes of at least 4 members (excludes halogenated alkanes) is 1. The first-order valence-electron chi connectivity index (χ1n) is 23.6. The quantitative estimate of drug-likeness (QED) is 0.0406. The number of hydrogen-bond acceptors (Lipinski definition) is 18. The summed E-state index contributed by atoms with van der Waals surface area (Å²) in [7, 11) is 0. The van der Waals surface area contributed by atoms with E-state index in [0.29, 0.717) is 12.8 Å². The van der Waals surface area contributed by atoms with E-state index in [4.69, 9.17) is 28.4 Å². The smallest absolute Gasteiger partial charge is 0.315 e. The maximum atomic E-state index is 13.3. The normalized spacial score (nSPS) is 41.4. The molecule has 4 fully saturated rings. The number of esters is 1. The van der Waals surface area contributed by atoms with Gasteiger partial charge in [0.05, 0.1) is 81.0 Å². The van der Waals surface area contributed by atoms with Gasteiger partial charge in [-0.05, 0) is 89.0 Å². The molecule has 4 heterocycles. The molecule has 21 heteroatoms. The van der Waals surface area contributed by atoms with Crippen LogP contribution in [0.1, 0.15) is 130 Å². The first-order valence-corrected chi connectivity index (χ1v) is 24.7. The summed E-state index contributed by atoms with van der Waals surface area (Å²) in [4.78, 5) is 38.1. The van der Waals surface area contributed by atoms with Crippen LogP contribution in [0.4, 0.5) is 4.79 Å². The van der Waals surface area contributed by atoms with Crippen molar-refractivity contribution in [2.24, 2.45) is 10.8 Å². The van der Waals surface area contributed by atoms with Crippen LogP contribution in [0.3, 0.4) is 0 Å². The van der Waals surface area contributed by atoms with Gasteiger partial charge >= 0.3 is 12.0 Å². The van der Waals surface area contributed by atoms with Crippen LogP contribution in [0.15, 0.2) is 0 Å². The van der Waals surface area contributed by atoms with Gasteiger partial charge < -0.3 is 85.2 Å². The minimum atomic E-state index is -2.25. The van der Waals surface area contributed by atoms with E-state index >= 15 is 0 Å². The van der Waals surface area contributed by atoms with Crippen LogP contribution in [-0.2, 0) is 38.0 Å². The van der Waals surface area contributed by atoms with Gasteiger partial charge in [0.15, 0.2) is 0 Å². The molecule has 0 aromatic rings. The van der Waals surface area contributed by atoms with Gasteiger partial charge in [0.1, 0.15) is 45.3 Å². The lowest BCUT2D eigenvalue weighted by Gasteiger charge is -2.65. The number of aliphatic hydroxyl groups is 8. The molecule has 4 rings (SSSR count). The van der Waals surface area contributed by atoms with Gasteiger partial charge in [-0.3, -0.25) is 9.59 Å². The van der Waals surface area contributed by atoms with E-state index in [9.17, 15) is 55.2 Å². The van der Waals surface area contributed by atoms with Gasteiger partial charge in [0.2, 0.25) is 11.7 Å². The molecule has 15 atom stereocenters. The van der Waals surface area contributed by atoms with E-state index in [2.05, 4.69) is 16.0 Å². The number of fused-ring (bicyclic) bond motifs is 1. The summed E-state index contributed by atoms with van der Waals surface area (Å²) < 4.78 is 37.8. The van der Waals surface area contributed by atoms with Crippen molar-refractivity contribution in [1.82, 2.24) is 16.0 Å². The first-order chi connectivity index (χ1) is 30.8. The van der Waals surface area contributed by atoms with Crippen LogP contribution in [0, 0.1) is 10.8 Å². The van der Waals surface area contributed by atoms with Crippen molar-refractivity contribution in [2.75, 3.05) is 52.0 Å². The van der Waals surface area contributed by atoms with E-state index < -0.39 is 117 Å². The maximum Gasteiger partial charge on any atom is 0.315 e. The molecule has 0 saturated carbocycles. The first kappa shape index (κ1) is 58.6. The molecule has 0 aromatic heterocycles. The molecular formula is C47H85N3O17S. The van der Waals surface area contributed by atoms with E-state index in [1.807, 2.05) is 0 Å². The van der Waals surface area contributed by atoms with Crippen LogP contribution in [0.25, 0.3) is 0 Å². The molecule has 10 unspecified atom stereocenters. The topological polar surface area (TPSA) is 305 Å². The Hall–Kier alpha value is -1.96. The second kappa shape index (κ2) is 19.8. The zero-order chi connectivity index (χ0) is 52.2. The Morgan fingerprint density at radius 2 is 1.41 bits per heavy atom. The largest absolute Gasteiger partial charge is 0.430 e. The highest BCUT2D eigenvalue weighted by molar-refractivity contribution is 8.00. The van der Waals surface area contributed by atoms with Crippen molar-refractivity contribution < 1.29 is 83.7 Å². The fraction of sp³-hybridized carbons (Fsp3) is 0.936. The third kappa shape index (κ3) is 10.5. The summed E-state index contributed by atoms with van der Waals surface area (Å²) in [5.74, 6) is -2.30. The molecule has 4 aliphatic rings. The molecular weight excluding hydrogens is 911 g/mol. The SMILES string of the molecule is CC(=O)NC([C@@](C)(CO)COCC1(C)OC(C)(CO)C(C)(O)C(C)(O)C1(C)O)[C@@](C)(COCC1(C)C(C)(C)OC(C)(OC(=O)CCCCC2SC[C@@H]3NC(=O)N[C@H]23)C(O)[C@@]1(C)O)OC(C)(C)CO. The summed E-state index contributed by atoms with van der Waals surface area (Å²) in [5.41, 5.74) is -19.3. The van der Waals surface area contributed by atoms with E-state index in [-0.39, 0.29) is 49.6 Å². The lowest BCUT2D eigenvalue weighted by Crippen LogP contribution is -2.85. The zero-order valence-electron chi connectivity index (χ0n) is 43.0. The Morgan fingerprint density at radius 1 is 0.824 bits per heavy atom. The molecule has 4 saturated heterocycles. The maximum absolute atomic E-state index is 13.3. The van der Waals surface area contributed by atoms with Crippen molar-refractivity contribution in [2.45, 2.75) is 215 Å². The van der Waals surface area contributed by atoms with E-state index in [1.54, 1.807) is 60.2 Å². The standard InChI is InChI=1S/C47H85N3O17S/c1-28(54)48-33(38(6,22-52)24-62-27-42(10)46(14,60)47(15,61)45(13,59)41(9,23-53)67-42)39(7,65-36(2,3)21-51)25-63-26-40(8)37(4,5)66-44(12,34(56)43(40,11)58)64-31(55)19-17-16-18-30-32-29(20-68-30)49-35(57)50-32/h29-30,32-34,51-53,56,58-61H,16-27H2,1-15H3,(H,48,54)(H2,49,50,57)/t29-,30?,32-,33?,34?,38-,39+,40?,41?,42?,43+,44?,45?,46?,47?/m0/s1. The number of thioether (sulfide) groups is 1. The molecule has 396 valence electrons. The second-order valence-electron chi connectivity index (χ2n) is 23.1. The van der Waals surface area contributed by atoms with Crippen molar-refractivity contribution in [3.63, 3.8) is 0 Å². The molecule has 0 aromatic carbocycles. The van der Waals surface area contributed by atoms with Crippen molar-refractivity contribution in [1.29, 1.82) is 0 Å². The predicted octanol–water partition coefficient (Wildman–Crippen LogP) is 0.774. The molecule has 0 spiro atoms. The third-order valence-electron chi connectivity index (χ3n) is 16.5. The van der Waals surface area contributed by atoms with Gasteiger partial charge in [-0.2, -0.15) is 11.8 Å². The summed E-state index contributed by atoms with van der Waals surface area (Å²) >= 11 is 1.78. The third-order valence-corrected chi connectivity index (χ3v) is 18.0. The summed E-state index contributed by atoms with van der Waals surface area (Å²) in [6.45, 7) is 18.9. The van der Waals surface area contributed by atoms with Gasteiger partial charge in [0.25, 0.3) is 0 Å². The van der Waals surface area contributed by atoms with Gasteiger partial charge in [-0.1, -0.05) is 20.3 Å². The highest BCUT2D eigenvalue weighted by Gasteiger charge is 2.74. The number of urea groups is 1. The van der Waals surface area contributed by atoms with Crippen LogP contribution >= 0.6 is 11.8 Å². The van der Waals surface area contributed by atoms with Crippen LogP contribution in [0.2, 0.25) is 0 Å². The fourth-order valence-electron chi connectivity index (χ4n) is 10.8. The minimum absolute atomic E-state index is 0.0309. The Bertz CT molecular complexity index is 1820. The lowest BCUT2D eigenvalue weighted by molar-refractivity contribution is -0.408. The fourth-order valence-corrected chi connectivity index (χ4v) is 12.4. The number of hydrogen-bond donors (Lipinski definition) is 11. The summed E-state index contributed by atoms with van der Waals surface area (Å²) in [5, 5.41) is 100.0. The molecule has 4 aliphatic heterocycles. The zero-order valence-corrected chi connectivity index (χ0v) is 43.8. The molecule has 11 N–H and O–H groups in total. The van der Waals surface area contributed by atoms with Crippen molar-refractivity contribution in [3.05, 3.63) is 0 Å². The number of nitrogens with one attached hydrogen (secondary N) is 3. The average Bonchev–Trinajstić information content (AvgIpc) is 3.77. The van der Waals surface area contributed by atoms with Gasteiger partial charge in [-0.15, -0.1) is 0 Å². The number of rotatable bonds is 22. The lowest BCUT2D eigenvalue weighted by atomic mass is 9.58. The van der Waals surface area contributed by atoms with Crippen LogP contribution in [-0.4, -0.2) is 196 Å². The summed E-state index contributed by atoms with van der Waals surface area (Å²) in [6.07, 6.45) is 0.245. The highest BCUT2D eigenvalue weighted by Crippen LogP contribution is 2.55. The minimum Gasteiger partial charge on any atom is -0.430 e. The van der Waals surface area contributed by atoms with Crippen molar-refractivity contribution in [3.8, 4) is 0 Å². The number of carbonyl (C=O) groups is 3. The molecule has 68 heavy (non-hydrogen) atoms. The molecule has 0 aliphatic carbocycles. The Morgan fingerprint density at radius 3 is 1.97 bits per heavy atom. The molecule has 3 amide bonds.